The quantitative estimate of drug-likeness (QED) is 0.661. The Hall–Kier alpha value is -1.56. The van der Waals surface area contributed by atoms with E-state index in [1.165, 1.54) is 27.8 Å². The molecule has 0 N–H and O–H groups in total. The number of benzene rings is 1. The van der Waals surface area contributed by atoms with Crippen LogP contribution >= 0.6 is 0 Å². The third-order valence-corrected chi connectivity index (χ3v) is 3.50. The van der Waals surface area contributed by atoms with Gasteiger partial charge in [-0.1, -0.05) is 59.2 Å². The summed E-state index contributed by atoms with van der Waals surface area (Å²) in [6.45, 7) is 12.7. The van der Waals surface area contributed by atoms with Crippen molar-refractivity contribution in [2.45, 2.75) is 33.6 Å². The van der Waals surface area contributed by atoms with Crippen molar-refractivity contribution in [2.75, 3.05) is 0 Å². The highest BCUT2D eigenvalue weighted by Gasteiger charge is 2.21. The van der Waals surface area contributed by atoms with Crippen LogP contribution in [0.15, 0.2) is 48.1 Å². The minimum atomic E-state index is 0.447. The van der Waals surface area contributed by atoms with Crippen molar-refractivity contribution in [3.63, 3.8) is 0 Å². The van der Waals surface area contributed by atoms with E-state index in [0.717, 1.165) is 5.57 Å². The lowest BCUT2D eigenvalue weighted by Crippen LogP contribution is -2.03. The van der Waals surface area contributed by atoms with Crippen LogP contribution in [-0.2, 0) is 0 Å². The lowest BCUT2D eigenvalue weighted by Gasteiger charge is -2.20. The molecule has 0 heteroatoms. The van der Waals surface area contributed by atoms with Gasteiger partial charge in [-0.15, -0.1) is 0 Å². The van der Waals surface area contributed by atoms with Gasteiger partial charge in [-0.2, -0.15) is 0 Å². The molecule has 0 atom stereocenters. The molecule has 17 heavy (non-hydrogen) atoms. The zero-order valence-electron chi connectivity index (χ0n) is 11.2. The van der Waals surface area contributed by atoms with E-state index >= 15 is 0 Å². The molecular weight excluding hydrogens is 204 g/mol. The number of hydrogen-bond acceptors (Lipinski definition) is 0. The van der Waals surface area contributed by atoms with E-state index in [0.29, 0.717) is 5.92 Å². The average Bonchev–Trinajstić information content (AvgIpc) is 2.59. The maximum atomic E-state index is 4.11. The Morgan fingerprint density at radius 3 is 2.18 bits per heavy atom. The van der Waals surface area contributed by atoms with E-state index in [9.17, 15) is 0 Å². The number of allylic oxidation sites excluding steroid dienone is 5. The Balaban J connectivity index is 2.56. The Bertz CT molecular complexity index is 509. The molecule has 0 amide bonds. The fraction of sp³-hybridized carbons (Fsp3) is 0.294. The largest absolute Gasteiger partial charge is 0.0955 e. The number of hydrogen-bond donors (Lipinski definition) is 0. The van der Waals surface area contributed by atoms with Crippen LogP contribution in [0.3, 0.4) is 0 Å². The van der Waals surface area contributed by atoms with Gasteiger partial charge in [-0.3, -0.25) is 0 Å². The molecule has 0 heterocycles. The minimum absolute atomic E-state index is 0.447. The van der Waals surface area contributed by atoms with Gasteiger partial charge in [-0.25, -0.2) is 0 Å². The molecule has 1 aromatic rings. The zero-order valence-corrected chi connectivity index (χ0v) is 11.2. The van der Waals surface area contributed by atoms with Crippen molar-refractivity contribution >= 4 is 5.57 Å². The summed E-state index contributed by atoms with van der Waals surface area (Å²) in [6.07, 6.45) is 4.45. The highest BCUT2D eigenvalue weighted by Crippen LogP contribution is 2.39. The van der Waals surface area contributed by atoms with Crippen molar-refractivity contribution < 1.29 is 0 Å². The molecule has 0 nitrogen and oxygen atoms in total. The molecule has 0 spiro atoms. The Labute approximate surface area is 104 Å². The van der Waals surface area contributed by atoms with Crippen LogP contribution in [0.1, 0.15) is 43.4 Å². The van der Waals surface area contributed by atoms with Crippen molar-refractivity contribution in [1.29, 1.82) is 0 Å². The van der Waals surface area contributed by atoms with Gasteiger partial charge in [0.25, 0.3) is 0 Å². The molecule has 0 aliphatic heterocycles. The maximum Gasteiger partial charge on any atom is 0.0264 e. The molecule has 0 saturated heterocycles. The molecule has 1 aliphatic carbocycles. The first-order chi connectivity index (χ1) is 8.00. The van der Waals surface area contributed by atoms with Crippen LogP contribution in [0, 0.1) is 6.92 Å². The fourth-order valence-electron chi connectivity index (χ4n) is 2.60. The van der Waals surface area contributed by atoms with Gasteiger partial charge < -0.3 is 0 Å². The van der Waals surface area contributed by atoms with Crippen LogP contribution in [0.4, 0.5) is 0 Å². The summed E-state index contributed by atoms with van der Waals surface area (Å²) >= 11 is 0. The lowest BCUT2D eigenvalue weighted by atomic mass is 9.84. The van der Waals surface area contributed by atoms with Gasteiger partial charge in [0.1, 0.15) is 0 Å². The molecule has 88 valence electrons. The zero-order chi connectivity index (χ0) is 12.6. The fourth-order valence-corrected chi connectivity index (χ4v) is 2.60. The van der Waals surface area contributed by atoms with E-state index in [-0.39, 0.29) is 0 Å². The van der Waals surface area contributed by atoms with Crippen LogP contribution in [0.2, 0.25) is 0 Å². The second-order valence-electron chi connectivity index (χ2n) is 5.13. The predicted octanol–water partition coefficient (Wildman–Crippen LogP) is 5.02. The summed E-state index contributed by atoms with van der Waals surface area (Å²) in [7, 11) is 0. The van der Waals surface area contributed by atoms with Crippen molar-refractivity contribution in [3.05, 3.63) is 64.8 Å². The third kappa shape index (κ3) is 2.12. The van der Waals surface area contributed by atoms with Crippen LogP contribution in [0.5, 0.6) is 0 Å². The van der Waals surface area contributed by atoms with Crippen LogP contribution < -0.4 is 0 Å². The second kappa shape index (κ2) is 4.37. The van der Waals surface area contributed by atoms with Gasteiger partial charge >= 0.3 is 0 Å². The van der Waals surface area contributed by atoms with E-state index in [1.807, 2.05) is 0 Å². The standard InChI is InChI=1S/C17H20/c1-11(2)16-10-12(3)6-9-15(16)17-13(4)7-8-14(17)5/h6-10,17H,1H2,2-5H3. The molecule has 0 fully saturated rings. The molecule has 0 unspecified atom stereocenters. The van der Waals surface area contributed by atoms with E-state index in [2.05, 4.69) is 64.6 Å². The first kappa shape index (κ1) is 11.9. The number of aryl methyl sites for hydroxylation is 1. The van der Waals surface area contributed by atoms with Crippen LogP contribution in [-0.4, -0.2) is 0 Å². The van der Waals surface area contributed by atoms with Gasteiger partial charge in [0, 0.05) is 5.92 Å². The molecule has 0 aromatic heterocycles. The van der Waals surface area contributed by atoms with E-state index in [1.54, 1.807) is 0 Å². The third-order valence-electron chi connectivity index (χ3n) is 3.50. The first-order valence-corrected chi connectivity index (χ1v) is 6.12. The smallest absolute Gasteiger partial charge is 0.0264 e. The van der Waals surface area contributed by atoms with Gasteiger partial charge in [0.15, 0.2) is 0 Å². The summed E-state index contributed by atoms with van der Waals surface area (Å²) in [4.78, 5) is 0. The summed E-state index contributed by atoms with van der Waals surface area (Å²) < 4.78 is 0. The maximum absolute atomic E-state index is 4.11. The molecular formula is C17H20. The van der Waals surface area contributed by atoms with Crippen molar-refractivity contribution in [1.82, 2.24) is 0 Å². The highest BCUT2D eigenvalue weighted by molar-refractivity contribution is 5.68. The summed E-state index contributed by atoms with van der Waals surface area (Å²) in [5, 5.41) is 0. The number of rotatable bonds is 2. The molecule has 2 rings (SSSR count). The van der Waals surface area contributed by atoms with Crippen molar-refractivity contribution in [2.24, 2.45) is 0 Å². The van der Waals surface area contributed by atoms with E-state index in [4.69, 9.17) is 0 Å². The molecule has 1 aliphatic rings. The predicted molar refractivity (Wildman–Crippen MR) is 76.1 cm³/mol. The highest BCUT2D eigenvalue weighted by atomic mass is 14.3. The SMILES string of the molecule is C=C(C)c1cc(C)ccc1C1C(C)=CC=C1C. The van der Waals surface area contributed by atoms with Gasteiger partial charge in [0.2, 0.25) is 0 Å². The van der Waals surface area contributed by atoms with Crippen LogP contribution in [0.25, 0.3) is 5.57 Å². The Morgan fingerprint density at radius 2 is 1.65 bits per heavy atom. The summed E-state index contributed by atoms with van der Waals surface area (Å²) in [5.74, 6) is 0.447. The topological polar surface area (TPSA) is 0 Å². The Morgan fingerprint density at radius 1 is 1.06 bits per heavy atom. The average molecular weight is 224 g/mol. The van der Waals surface area contributed by atoms with Gasteiger partial charge in [-0.05, 0) is 38.8 Å². The lowest BCUT2D eigenvalue weighted by molar-refractivity contribution is 0.937. The summed E-state index contributed by atoms with van der Waals surface area (Å²) in [5.41, 5.74) is 7.99. The molecule has 0 radical (unpaired) electrons. The summed E-state index contributed by atoms with van der Waals surface area (Å²) in [6, 6.07) is 6.70. The second-order valence-corrected chi connectivity index (χ2v) is 5.13. The molecule has 0 saturated carbocycles. The van der Waals surface area contributed by atoms with Gasteiger partial charge in [0.05, 0.1) is 0 Å². The van der Waals surface area contributed by atoms with Crippen molar-refractivity contribution in [3.8, 4) is 0 Å². The first-order valence-electron chi connectivity index (χ1n) is 6.12. The molecule has 0 bridgehead atoms. The van der Waals surface area contributed by atoms with E-state index < -0.39 is 0 Å². The normalized spacial score (nSPS) is 15.8. The monoisotopic (exact) mass is 224 g/mol. The molecule has 1 aromatic carbocycles. The minimum Gasteiger partial charge on any atom is -0.0955 e. The Kier molecular flexibility index (Phi) is 3.06.